The molecule has 0 spiro atoms. The first-order chi connectivity index (χ1) is 7.20. The van der Waals surface area contributed by atoms with Crippen LogP contribution in [0.4, 0.5) is 5.95 Å². The van der Waals surface area contributed by atoms with Crippen LogP contribution in [0, 0.1) is 0 Å². The highest BCUT2D eigenvalue weighted by molar-refractivity contribution is 5.72. The van der Waals surface area contributed by atoms with Gasteiger partial charge < -0.3 is 10.2 Å². The monoisotopic (exact) mass is 208 g/mol. The molecule has 82 valence electrons. The van der Waals surface area contributed by atoms with Crippen molar-refractivity contribution in [1.82, 2.24) is 15.3 Å². The van der Waals surface area contributed by atoms with Gasteiger partial charge in [-0.1, -0.05) is 0 Å². The van der Waals surface area contributed by atoms with Crippen LogP contribution >= 0.6 is 0 Å². The van der Waals surface area contributed by atoms with Crippen molar-refractivity contribution in [2.75, 3.05) is 25.0 Å². The van der Waals surface area contributed by atoms with Gasteiger partial charge in [-0.2, -0.15) is 0 Å². The fraction of sp³-hybridized carbons (Fsp3) is 0.500. The molecule has 0 unspecified atom stereocenters. The quantitative estimate of drug-likeness (QED) is 0.713. The Morgan fingerprint density at radius 3 is 2.73 bits per heavy atom. The van der Waals surface area contributed by atoms with Gasteiger partial charge in [0.05, 0.1) is 0 Å². The van der Waals surface area contributed by atoms with Crippen molar-refractivity contribution in [3.63, 3.8) is 0 Å². The first-order valence-corrected chi connectivity index (χ1v) is 4.93. The van der Waals surface area contributed by atoms with Crippen molar-refractivity contribution in [3.05, 3.63) is 18.5 Å². The Balaban J connectivity index is 2.25. The smallest absolute Gasteiger partial charge is 0.224 e. The van der Waals surface area contributed by atoms with Gasteiger partial charge in [-0.05, 0) is 12.5 Å². The van der Waals surface area contributed by atoms with E-state index in [4.69, 9.17) is 0 Å². The molecule has 1 rings (SSSR count). The van der Waals surface area contributed by atoms with E-state index in [2.05, 4.69) is 15.3 Å². The summed E-state index contributed by atoms with van der Waals surface area (Å²) in [5.41, 5.74) is 0. The number of nitrogens with one attached hydrogen (secondary N) is 1. The SMILES string of the molecule is CC(=O)NCCCN(C)c1ncccn1. The second-order valence-corrected chi connectivity index (χ2v) is 3.31. The summed E-state index contributed by atoms with van der Waals surface area (Å²) in [6.45, 7) is 3.03. The molecule has 15 heavy (non-hydrogen) atoms. The molecule has 1 aromatic heterocycles. The minimum atomic E-state index is 0.00798. The maximum atomic E-state index is 10.6. The van der Waals surface area contributed by atoms with E-state index < -0.39 is 0 Å². The summed E-state index contributed by atoms with van der Waals surface area (Å²) >= 11 is 0. The molecule has 5 nitrogen and oxygen atoms in total. The normalized spacial score (nSPS) is 9.73. The van der Waals surface area contributed by atoms with E-state index in [9.17, 15) is 4.79 Å². The third-order valence-electron chi connectivity index (χ3n) is 1.94. The van der Waals surface area contributed by atoms with Crippen molar-refractivity contribution in [2.45, 2.75) is 13.3 Å². The van der Waals surface area contributed by atoms with E-state index >= 15 is 0 Å². The fourth-order valence-electron chi connectivity index (χ4n) is 1.17. The van der Waals surface area contributed by atoms with Gasteiger partial charge in [-0.25, -0.2) is 9.97 Å². The number of hydrogen-bond acceptors (Lipinski definition) is 4. The van der Waals surface area contributed by atoms with Crippen LogP contribution in [0.1, 0.15) is 13.3 Å². The average molecular weight is 208 g/mol. The molecule has 0 aliphatic heterocycles. The molecular formula is C10H16N4O. The molecule has 0 atom stereocenters. The van der Waals surface area contributed by atoms with Gasteiger partial charge in [0.15, 0.2) is 0 Å². The molecule has 0 fully saturated rings. The van der Waals surface area contributed by atoms with E-state index in [0.717, 1.165) is 13.0 Å². The highest BCUT2D eigenvalue weighted by Gasteiger charge is 2.01. The largest absolute Gasteiger partial charge is 0.356 e. The topological polar surface area (TPSA) is 58.1 Å². The van der Waals surface area contributed by atoms with Crippen LogP contribution in [0.5, 0.6) is 0 Å². The van der Waals surface area contributed by atoms with Crippen LogP contribution < -0.4 is 10.2 Å². The zero-order valence-corrected chi connectivity index (χ0v) is 9.10. The van der Waals surface area contributed by atoms with Gasteiger partial charge in [0.1, 0.15) is 0 Å². The second-order valence-electron chi connectivity index (χ2n) is 3.31. The van der Waals surface area contributed by atoms with Crippen LogP contribution in [-0.4, -0.2) is 36.0 Å². The summed E-state index contributed by atoms with van der Waals surface area (Å²) in [6.07, 6.45) is 4.31. The Hall–Kier alpha value is -1.65. The third kappa shape index (κ3) is 4.39. The van der Waals surface area contributed by atoms with Crippen molar-refractivity contribution < 1.29 is 4.79 Å². The number of rotatable bonds is 5. The van der Waals surface area contributed by atoms with Crippen LogP contribution in [0.25, 0.3) is 0 Å². The Morgan fingerprint density at radius 2 is 2.13 bits per heavy atom. The standard InChI is InChI=1S/C10H16N4O/c1-9(15)11-7-4-8-14(2)10-12-5-3-6-13-10/h3,5-6H,4,7-8H2,1-2H3,(H,11,15). The lowest BCUT2D eigenvalue weighted by molar-refractivity contribution is -0.118. The highest BCUT2D eigenvalue weighted by Crippen LogP contribution is 2.01. The third-order valence-corrected chi connectivity index (χ3v) is 1.94. The van der Waals surface area contributed by atoms with Gasteiger partial charge in [-0.15, -0.1) is 0 Å². The Labute approximate surface area is 89.5 Å². The highest BCUT2D eigenvalue weighted by atomic mass is 16.1. The number of aromatic nitrogens is 2. The molecule has 0 saturated carbocycles. The molecule has 1 amide bonds. The van der Waals surface area contributed by atoms with Gasteiger partial charge in [0.25, 0.3) is 0 Å². The summed E-state index contributed by atoms with van der Waals surface area (Å²) < 4.78 is 0. The van der Waals surface area contributed by atoms with E-state index in [-0.39, 0.29) is 5.91 Å². The maximum absolute atomic E-state index is 10.6. The summed E-state index contributed by atoms with van der Waals surface area (Å²) in [7, 11) is 1.93. The molecule has 0 radical (unpaired) electrons. The van der Waals surface area contributed by atoms with Gasteiger partial charge in [0, 0.05) is 39.5 Å². The maximum Gasteiger partial charge on any atom is 0.224 e. The Kier molecular flexibility index (Phi) is 4.53. The van der Waals surface area contributed by atoms with Gasteiger partial charge >= 0.3 is 0 Å². The first-order valence-electron chi connectivity index (χ1n) is 4.93. The van der Waals surface area contributed by atoms with Crippen LogP contribution in [0.15, 0.2) is 18.5 Å². The van der Waals surface area contributed by atoms with E-state index in [1.807, 2.05) is 11.9 Å². The number of anilines is 1. The summed E-state index contributed by atoms with van der Waals surface area (Å²) in [5.74, 6) is 0.717. The minimum Gasteiger partial charge on any atom is -0.356 e. The Morgan fingerprint density at radius 1 is 1.47 bits per heavy atom. The van der Waals surface area contributed by atoms with Crippen LogP contribution in [0.3, 0.4) is 0 Å². The van der Waals surface area contributed by atoms with Gasteiger partial charge in [0.2, 0.25) is 11.9 Å². The molecular weight excluding hydrogens is 192 g/mol. The number of hydrogen-bond donors (Lipinski definition) is 1. The predicted octanol–water partition coefficient (Wildman–Crippen LogP) is 0.439. The van der Waals surface area contributed by atoms with Crippen LogP contribution in [-0.2, 0) is 4.79 Å². The zero-order chi connectivity index (χ0) is 11.1. The first kappa shape index (κ1) is 11.4. The summed E-state index contributed by atoms with van der Waals surface area (Å²) in [6, 6.07) is 1.79. The van der Waals surface area contributed by atoms with Crippen molar-refractivity contribution in [3.8, 4) is 0 Å². The number of nitrogens with zero attached hydrogens (tertiary/aromatic N) is 3. The molecule has 1 aromatic rings. The molecule has 0 saturated heterocycles. The summed E-state index contributed by atoms with van der Waals surface area (Å²) in [5, 5.41) is 2.75. The lowest BCUT2D eigenvalue weighted by Gasteiger charge is -2.16. The molecule has 0 aliphatic carbocycles. The molecule has 5 heteroatoms. The van der Waals surface area contributed by atoms with Crippen molar-refractivity contribution in [2.24, 2.45) is 0 Å². The van der Waals surface area contributed by atoms with Crippen molar-refractivity contribution >= 4 is 11.9 Å². The zero-order valence-electron chi connectivity index (χ0n) is 9.10. The number of carbonyl (C=O) groups is 1. The predicted molar refractivity (Wildman–Crippen MR) is 58.6 cm³/mol. The lowest BCUT2D eigenvalue weighted by Crippen LogP contribution is -2.27. The van der Waals surface area contributed by atoms with E-state index in [0.29, 0.717) is 12.5 Å². The Bertz CT molecular complexity index is 302. The molecule has 0 aromatic carbocycles. The van der Waals surface area contributed by atoms with Crippen LogP contribution in [0.2, 0.25) is 0 Å². The van der Waals surface area contributed by atoms with E-state index in [1.165, 1.54) is 6.92 Å². The summed E-state index contributed by atoms with van der Waals surface area (Å²) in [4.78, 5) is 20.8. The molecule has 1 N–H and O–H groups in total. The number of carbonyl (C=O) groups excluding carboxylic acids is 1. The molecule has 0 bridgehead atoms. The minimum absolute atomic E-state index is 0.00798. The van der Waals surface area contributed by atoms with E-state index in [1.54, 1.807) is 18.5 Å². The fourth-order valence-corrected chi connectivity index (χ4v) is 1.17. The lowest BCUT2D eigenvalue weighted by atomic mass is 10.4. The van der Waals surface area contributed by atoms with Gasteiger partial charge in [-0.3, -0.25) is 4.79 Å². The average Bonchev–Trinajstić information content (AvgIpc) is 2.25. The second kappa shape index (κ2) is 5.95. The number of amides is 1. The molecule has 1 heterocycles. The molecule has 0 aliphatic rings. The van der Waals surface area contributed by atoms with Crippen molar-refractivity contribution in [1.29, 1.82) is 0 Å².